The van der Waals surface area contributed by atoms with Gasteiger partial charge in [0.2, 0.25) is 0 Å². The van der Waals surface area contributed by atoms with Gasteiger partial charge in [-0.15, -0.1) is 0 Å². The first-order chi connectivity index (χ1) is 7.34. The van der Waals surface area contributed by atoms with Gasteiger partial charge in [0.1, 0.15) is 4.83 Å². The molecule has 0 aliphatic rings. The lowest BCUT2D eigenvalue weighted by Crippen LogP contribution is -2.21. The van der Waals surface area contributed by atoms with Crippen LogP contribution in [0.4, 0.5) is 0 Å². The van der Waals surface area contributed by atoms with Crippen molar-refractivity contribution in [2.24, 2.45) is 5.92 Å². The Morgan fingerprint density at radius 3 is 2.19 bits per heavy atom. The second kappa shape index (κ2) is 7.44. The molecule has 4 nitrogen and oxygen atoms in total. The molecule has 92 valence electrons. The Morgan fingerprint density at radius 2 is 1.75 bits per heavy atom. The Balaban J connectivity index is 3.75. The number of esters is 2. The quantitative estimate of drug-likeness (QED) is 0.427. The third-order valence-corrected chi connectivity index (χ3v) is 2.06. The number of carbonyl (C=O) groups excluding carboxylic acids is 2. The molecule has 0 aromatic carbocycles. The standard InChI is InChI=1S/C11H17BrO4/c1-7(2)10(13)15-5-8(3)6-16-11(14)9(4)12/h8-9H,1,5-6H2,2-4H3. The van der Waals surface area contributed by atoms with Crippen LogP contribution in [0.3, 0.4) is 0 Å². The molecule has 0 aliphatic carbocycles. The monoisotopic (exact) mass is 292 g/mol. The highest BCUT2D eigenvalue weighted by molar-refractivity contribution is 9.10. The van der Waals surface area contributed by atoms with Crippen molar-refractivity contribution in [3.8, 4) is 0 Å². The van der Waals surface area contributed by atoms with Crippen LogP contribution in [-0.4, -0.2) is 30.0 Å². The first kappa shape index (κ1) is 15.2. The summed E-state index contributed by atoms with van der Waals surface area (Å²) in [6, 6.07) is 0. The summed E-state index contributed by atoms with van der Waals surface area (Å²) in [5.41, 5.74) is 0.360. The number of alkyl halides is 1. The Hall–Kier alpha value is -0.840. The van der Waals surface area contributed by atoms with Gasteiger partial charge in [0.15, 0.2) is 0 Å². The number of ether oxygens (including phenoxy) is 2. The Labute approximate surface area is 104 Å². The predicted octanol–water partition coefficient (Wildman–Crippen LogP) is 2.07. The summed E-state index contributed by atoms with van der Waals surface area (Å²) in [6.45, 7) is 9.02. The minimum atomic E-state index is -0.424. The fourth-order valence-corrected chi connectivity index (χ4v) is 0.861. The van der Waals surface area contributed by atoms with Gasteiger partial charge in [-0.05, 0) is 13.8 Å². The number of rotatable bonds is 6. The van der Waals surface area contributed by atoms with Gasteiger partial charge in [-0.3, -0.25) is 4.79 Å². The van der Waals surface area contributed by atoms with Gasteiger partial charge in [0.25, 0.3) is 0 Å². The summed E-state index contributed by atoms with van der Waals surface area (Å²) in [5, 5.41) is 0. The minimum absolute atomic E-state index is 0.0292. The summed E-state index contributed by atoms with van der Waals surface area (Å²) >= 11 is 3.10. The highest BCUT2D eigenvalue weighted by Crippen LogP contribution is 2.04. The van der Waals surface area contributed by atoms with Crippen LogP contribution in [0.25, 0.3) is 0 Å². The molecule has 0 heterocycles. The number of carbonyl (C=O) groups is 2. The average Bonchev–Trinajstić information content (AvgIpc) is 2.21. The molecule has 0 N–H and O–H groups in total. The number of hydrogen-bond donors (Lipinski definition) is 0. The second-order valence-corrected chi connectivity index (χ2v) is 5.10. The first-order valence-electron chi connectivity index (χ1n) is 4.98. The van der Waals surface area contributed by atoms with Crippen molar-refractivity contribution in [3.63, 3.8) is 0 Å². The zero-order valence-electron chi connectivity index (χ0n) is 9.79. The maximum atomic E-state index is 11.1. The van der Waals surface area contributed by atoms with E-state index in [9.17, 15) is 9.59 Å². The van der Waals surface area contributed by atoms with E-state index < -0.39 is 5.97 Å². The molecule has 0 rings (SSSR count). The van der Waals surface area contributed by atoms with Gasteiger partial charge >= 0.3 is 11.9 Å². The van der Waals surface area contributed by atoms with E-state index in [1.165, 1.54) is 0 Å². The maximum absolute atomic E-state index is 11.1. The average molecular weight is 293 g/mol. The molecule has 0 aromatic rings. The minimum Gasteiger partial charge on any atom is -0.464 e. The summed E-state index contributed by atoms with van der Waals surface area (Å²) in [7, 11) is 0. The topological polar surface area (TPSA) is 52.6 Å². The summed E-state index contributed by atoms with van der Waals surface area (Å²) in [4.78, 5) is 21.8. The van der Waals surface area contributed by atoms with Crippen LogP contribution in [-0.2, 0) is 19.1 Å². The van der Waals surface area contributed by atoms with Crippen molar-refractivity contribution in [2.45, 2.75) is 25.6 Å². The van der Waals surface area contributed by atoms with Gasteiger partial charge in [-0.1, -0.05) is 29.4 Å². The van der Waals surface area contributed by atoms with E-state index in [1.54, 1.807) is 13.8 Å². The van der Waals surface area contributed by atoms with Gasteiger partial charge in [-0.25, -0.2) is 4.79 Å². The first-order valence-corrected chi connectivity index (χ1v) is 5.89. The Kier molecular flexibility index (Phi) is 7.05. The third kappa shape index (κ3) is 6.61. The molecule has 0 fully saturated rings. The van der Waals surface area contributed by atoms with E-state index in [1.807, 2.05) is 6.92 Å². The molecule has 2 unspecified atom stereocenters. The lowest BCUT2D eigenvalue weighted by molar-refractivity contribution is -0.146. The fourth-order valence-electron chi connectivity index (χ4n) is 0.728. The van der Waals surface area contributed by atoms with Crippen LogP contribution in [0.2, 0.25) is 0 Å². The number of halogens is 1. The predicted molar refractivity (Wildman–Crippen MR) is 64.3 cm³/mol. The third-order valence-electron chi connectivity index (χ3n) is 1.68. The smallest absolute Gasteiger partial charge is 0.333 e. The zero-order chi connectivity index (χ0) is 12.7. The number of hydrogen-bond acceptors (Lipinski definition) is 4. The normalized spacial score (nSPS) is 13.8. The van der Waals surface area contributed by atoms with Gasteiger partial charge in [-0.2, -0.15) is 0 Å². The molecule has 16 heavy (non-hydrogen) atoms. The highest BCUT2D eigenvalue weighted by atomic mass is 79.9. The van der Waals surface area contributed by atoms with E-state index >= 15 is 0 Å². The second-order valence-electron chi connectivity index (χ2n) is 3.73. The van der Waals surface area contributed by atoms with Gasteiger partial charge in [0, 0.05) is 11.5 Å². The largest absolute Gasteiger partial charge is 0.464 e. The Morgan fingerprint density at radius 1 is 1.25 bits per heavy atom. The molecule has 0 aliphatic heterocycles. The van der Waals surface area contributed by atoms with E-state index in [0.717, 1.165) is 0 Å². The molecule has 0 saturated carbocycles. The summed E-state index contributed by atoms with van der Waals surface area (Å²) < 4.78 is 9.87. The molecule has 0 saturated heterocycles. The van der Waals surface area contributed by atoms with Crippen molar-refractivity contribution < 1.29 is 19.1 Å². The van der Waals surface area contributed by atoms with Crippen LogP contribution in [0.15, 0.2) is 12.2 Å². The van der Waals surface area contributed by atoms with E-state index in [2.05, 4.69) is 22.5 Å². The van der Waals surface area contributed by atoms with Crippen molar-refractivity contribution in [1.29, 1.82) is 0 Å². The van der Waals surface area contributed by atoms with Crippen LogP contribution in [0.5, 0.6) is 0 Å². The van der Waals surface area contributed by atoms with Crippen molar-refractivity contribution in [3.05, 3.63) is 12.2 Å². The van der Waals surface area contributed by atoms with Crippen molar-refractivity contribution in [1.82, 2.24) is 0 Å². The molecule has 0 bridgehead atoms. The molecule has 0 amide bonds. The van der Waals surface area contributed by atoms with Crippen molar-refractivity contribution in [2.75, 3.05) is 13.2 Å². The van der Waals surface area contributed by atoms with Crippen molar-refractivity contribution >= 4 is 27.9 Å². The van der Waals surface area contributed by atoms with Crippen LogP contribution in [0.1, 0.15) is 20.8 Å². The molecule has 0 aromatic heterocycles. The molecular formula is C11H17BrO4. The van der Waals surface area contributed by atoms with E-state index in [-0.39, 0.29) is 29.9 Å². The molecule has 0 radical (unpaired) electrons. The SMILES string of the molecule is C=C(C)C(=O)OCC(C)COC(=O)C(C)Br. The zero-order valence-corrected chi connectivity index (χ0v) is 11.4. The van der Waals surface area contributed by atoms with Gasteiger partial charge in [0.05, 0.1) is 13.2 Å². The van der Waals surface area contributed by atoms with Crippen LogP contribution < -0.4 is 0 Å². The Bertz CT molecular complexity index is 273. The van der Waals surface area contributed by atoms with Crippen LogP contribution >= 0.6 is 15.9 Å². The van der Waals surface area contributed by atoms with E-state index in [4.69, 9.17) is 9.47 Å². The van der Waals surface area contributed by atoms with Gasteiger partial charge < -0.3 is 9.47 Å². The fraction of sp³-hybridized carbons (Fsp3) is 0.636. The molecule has 2 atom stereocenters. The summed E-state index contributed by atoms with van der Waals surface area (Å²) in [6.07, 6.45) is 0. The lowest BCUT2D eigenvalue weighted by Gasteiger charge is -2.13. The molecule has 0 spiro atoms. The molecule has 5 heteroatoms. The van der Waals surface area contributed by atoms with Crippen LogP contribution in [0, 0.1) is 5.92 Å². The summed E-state index contributed by atoms with van der Waals surface area (Å²) in [5.74, 6) is -0.774. The maximum Gasteiger partial charge on any atom is 0.333 e. The molecular weight excluding hydrogens is 276 g/mol. The van der Waals surface area contributed by atoms with E-state index in [0.29, 0.717) is 5.57 Å². The highest BCUT2D eigenvalue weighted by Gasteiger charge is 2.13. The lowest BCUT2D eigenvalue weighted by atomic mass is 10.2.